The van der Waals surface area contributed by atoms with Gasteiger partial charge in [-0.05, 0) is 59.0 Å². The summed E-state index contributed by atoms with van der Waals surface area (Å²) in [5, 5.41) is 26.1. The second-order valence-corrected chi connectivity index (χ2v) is 8.36. The fourth-order valence-corrected chi connectivity index (χ4v) is 3.63. The molecule has 12 nitrogen and oxygen atoms in total. The Morgan fingerprint density at radius 1 is 1.14 bits per heavy atom. The van der Waals surface area contributed by atoms with E-state index in [9.17, 15) is 14.4 Å². The van der Waals surface area contributed by atoms with Gasteiger partial charge >= 0.3 is 5.97 Å². The van der Waals surface area contributed by atoms with Gasteiger partial charge < -0.3 is 20.3 Å². The summed E-state index contributed by atoms with van der Waals surface area (Å²) in [4.78, 5) is 41.1. The number of benzene rings is 2. The van der Waals surface area contributed by atoms with Crippen molar-refractivity contribution in [3.63, 3.8) is 0 Å². The maximum Gasteiger partial charge on any atom is 0.335 e. The van der Waals surface area contributed by atoms with Crippen LogP contribution in [0.25, 0.3) is 11.8 Å². The molecule has 0 aliphatic carbocycles. The molecule has 13 heteroatoms. The number of carboxylic acid groups (broad SMARTS) is 1. The fraction of sp³-hybridized carbons (Fsp3) is 0.125. The topological polar surface area (TPSA) is 157 Å². The minimum atomic E-state index is -1.08. The molecule has 2 aromatic heterocycles. The number of carbonyl (C=O) groups is 3. The summed E-state index contributed by atoms with van der Waals surface area (Å²) >= 11 is 6.13. The van der Waals surface area contributed by atoms with Crippen LogP contribution >= 0.6 is 11.6 Å². The van der Waals surface area contributed by atoms with E-state index in [1.807, 2.05) is 0 Å². The van der Waals surface area contributed by atoms with Crippen LogP contribution in [0.5, 0.6) is 0 Å². The number of aromatic carboxylic acids is 1. The minimum absolute atomic E-state index is 0.0879. The predicted molar refractivity (Wildman–Crippen MR) is 134 cm³/mol. The van der Waals surface area contributed by atoms with Crippen molar-refractivity contribution in [2.75, 3.05) is 5.32 Å². The summed E-state index contributed by atoms with van der Waals surface area (Å²) in [6.07, 6.45) is 7.61. The highest BCUT2D eigenvalue weighted by Crippen LogP contribution is 2.20. The van der Waals surface area contributed by atoms with Gasteiger partial charge in [0.05, 0.1) is 17.6 Å². The molecular formula is C24H21ClN8O4. The largest absolute Gasteiger partial charge is 0.478 e. The monoisotopic (exact) mass is 520 g/mol. The van der Waals surface area contributed by atoms with Gasteiger partial charge in [-0.1, -0.05) is 11.6 Å². The maximum atomic E-state index is 13.1. The lowest BCUT2D eigenvalue weighted by Crippen LogP contribution is -2.45. The van der Waals surface area contributed by atoms with Gasteiger partial charge in [0.15, 0.2) is 0 Å². The van der Waals surface area contributed by atoms with Crippen LogP contribution in [-0.2, 0) is 23.1 Å². The molecule has 0 unspecified atom stereocenters. The molecule has 0 saturated carbocycles. The smallest absolute Gasteiger partial charge is 0.335 e. The molecule has 0 bridgehead atoms. The Labute approximate surface area is 215 Å². The molecule has 4 aromatic rings. The first-order chi connectivity index (χ1) is 17.8. The van der Waals surface area contributed by atoms with Gasteiger partial charge in [0, 0.05) is 47.7 Å². The number of amides is 2. The van der Waals surface area contributed by atoms with Crippen molar-refractivity contribution in [2.45, 2.75) is 12.5 Å². The van der Waals surface area contributed by atoms with E-state index in [1.165, 1.54) is 41.4 Å². The van der Waals surface area contributed by atoms with E-state index in [2.05, 4.69) is 31.1 Å². The van der Waals surface area contributed by atoms with E-state index < -0.39 is 23.8 Å². The number of carboxylic acids is 1. The minimum Gasteiger partial charge on any atom is -0.478 e. The van der Waals surface area contributed by atoms with E-state index in [4.69, 9.17) is 16.7 Å². The molecule has 0 saturated heterocycles. The molecule has 0 fully saturated rings. The van der Waals surface area contributed by atoms with E-state index in [-0.39, 0.29) is 12.0 Å². The van der Waals surface area contributed by atoms with Crippen LogP contribution in [0, 0.1) is 0 Å². The molecule has 0 aliphatic heterocycles. The molecule has 3 N–H and O–H groups in total. The van der Waals surface area contributed by atoms with Crippen LogP contribution in [0.4, 0.5) is 5.69 Å². The normalized spacial score (nSPS) is 11.8. The number of tetrazole rings is 1. The van der Waals surface area contributed by atoms with Crippen molar-refractivity contribution < 1.29 is 19.5 Å². The number of halogens is 1. The van der Waals surface area contributed by atoms with Gasteiger partial charge in [-0.15, -0.1) is 5.10 Å². The molecule has 188 valence electrons. The van der Waals surface area contributed by atoms with Crippen molar-refractivity contribution in [3.05, 3.63) is 89.2 Å². The first-order valence-corrected chi connectivity index (χ1v) is 11.3. The highest BCUT2D eigenvalue weighted by atomic mass is 35.5. The first kappa shape index (κ1) is 25.3. The zero-order chi connectivity index (χ0) is 26.4. The standard InChI is InChI=1S/C24H21ClN8O4/c1-32-13-26-12-19(32)11-20(23(35)28-18-6-2-15(3-7-18)24(36)37)29-22(34)9-4-16-10-17(25)5-8-21(16)33-14-27-30-31-33/h2-10,12-14,20H,11H2,1H3,(H,28,35)(H,29,34)(H,36,37)/t20-/m0/s1. The second kappa shape index (κ2) is 11.3. The van der Waals surface area contributed by atoms with Gasteiger partial charge in [-0.25, -0.2) is 9.78 Å². The Balaban J connectivity index is 1.52. The number of nitrogens with zero attached hydrogens (tertiary/aromatic N) is 6. The zero-order valence-electron chi connectivity index (χ0n) is 19.4. The number of imidazole rings is 1. The zero-order valence-corrected chi connectivity index (χ0v) is 20.2. The Morgan fingerprint density at radius 3 is 2.57 bits per heavy atom. The lowest BCUT2D eigenvalue weighted by Gasteiger charge is -2.18. The third kappa shape index (κ3) is 6.44. The van der Waals surface area contributed by atoms with Crippen molar-refractivity contribution >= 4 is 41.1 Å². The van der Waals surface area contributed by atoms with Crippen LogP contribution in [-0.4, -0.2) is 58.7 Å². The van der Waals surface area contributed by atoms with Gasteiger partial charge in [-0.2, -0.15) is 4.68 Å². The Kier molecular flexibility index (Phi) is 7.69. The number of hydrogen-bond acceptors (Lipinski definition) is 7. The third-order valence-electron chi connectivity index (χ3n) is 5.36. The highest BCUT2D eigenvalue weighted by molar-refractivity contribution is 6.30. The molecule has 2 amide bonds. The highest BCUT2D eigenvalue weighted by Gasteiger charge is 2.22. The average Bonchev–Trinajstić information content (AvgIpc) is 3.55. The number of carbonyl (C=O) groups excluding carboxylic acids is 2. The SMILES string of the molecule is Cn1cncc1C[C@H](NC(=O)C=Cc1cc(Cl)ccc1-n1cnnn1)C(=O)Nc1ccc(C(=O)O)cc1. The van der Waals surface area contributed by atoms with Crippen molar-refractivity contribution in [1.29, 1.82) is 0 Å². The van der Waals surface area contributed by atoms with Crippen molar-refractivity contribution in [3.8, 4) is 5.69 Å². The molecular weight excluding hydrogens is 500 g/mol. The Bertz CT molecular complexity index is 1450. The number of anilines is 1. The first-order valence-electron chi connectivity index (χ1n) is 10.9. The molecule has 0 aliphatic rings. The Morgan fingerprint density at radius 2 is 1.92 bits per heavy atom. The molecule has 4 rings (SSSR count). The lowest BCUT2D eigenvalue weighted by atomic mass is 10.1. The summed E-state index contributed by atoms with van der Waals surface area (Å²) in [6.45, 7) is 0. The van der Waals surface area contributed by atoms with Crippen molar-refractivity contribution in [2.24, 2.45) is 7.05 Å². The van der Waals surface area contributed by atoms with E-state index in [0.717, 1.165) is 5.69 Å². The summed E-state index contributed by atoms with van der Waals surface area (Å²) < 4.78 is 3.18. The molecule has 0 spiro atoms. The second-order valence-electron chi connectivity index (χ2n) is 7.92. The van der Waals surface area contributed by atoms with Crippen LogP contribution in [0.1, 0.15) is 21.6 Å². The summed E-state index contributed by atoms with van der Waals surface area (Å²) in [5.74, 6) is -2.08. The predicted octanol–water partition coefficient (Wildman–Crippen LogP) is 2.13. The lowest BCUT2D eigenvalue weighted by molar-refractivity contribution is -0.123. The number of aryl methyl sites for hydroxylation is 1. The van der Waals surface area contributed by atoms with Gasteiger partial charge in [0.1, 0.15) is 12.4 Å². The summed E-state index contributed by atoms with van der Waals surface area (Å²) in [7, 11) is 1.78. The molecule has 37 heavy (non-hydrogen) atoms. The van der Waals surface area contributed by atoms with Gasteiger partial charge in [0.25, 0.3) is 0 Å². The number of hydrogen-bond donors (Lipinski definition) is 3. The number of aromatic nitrogens is 6. The van der Waals surface area contributed by atoms with Crippen LogP contribution < -0.4 is 10.6 Å². The summed E-state index contributed by atoms with van der Waals surface area (Å²) in [6, 6.07) is 9.80. The quantitative estimate of drug-likeness (QED) is 0.283. The molecule has 1 atom stereocenters. The molecule has 2 heterocycles. The fourth-order valence-electron chi connectivity index (χ4n) is 3.45. The molecule has 0 radical (unpaired) electrons. The van der Waals surface area contributed by atoms with E-state index >= 15 is 0 Å². The van der Waals surface area contributed by atoms with Gasteiger partial charge in [-0.3, -0.25) is 9.59 Å². The van der Waals surface area contributed by atoms with E-state index in [1.54, 1.807) is 48.4 Å². The number of rotatable bonds is 9. The van der Waals surface area contributed by atoms with Crippen LogP contribution in [0.3, 0.4) is 0 Å². The van der Waals surface area contributed by atoms with E-state index in [0.29, 0.717) is 22.0 Å². The third-order valence-corrected chi connectivity index (χ3v) is 5.60. The average molecular weight is 521 g/mol. The molecule has 2 aromatic carbocycles. The maximum absolute atomic E-state index is 13.1. The summed E-state index contributed by atoms with van der Waals surface area (Å²) in [5.41, 5.74) is 2.39. The van der Waals surface area contributed by atoms with Gasteiger partial charge in [0.2, 0.25) is 11.8 Å². The van der Waals surface area contributed by atoms with Crippen LogP contribution in [0.15, 0.2) is 67.4 Å². The number of nitrogens with one attached hydrogen (secondary N) is 2. The van der Waals surface area contributed by atoms with Crippen molar-refractivity contribution in [1.82, 2.24) is 35.1 Å². The Hall–Kier alpha value is -4.84. The van der Waals surface area contributed by atoms with Crippen LogP contribution in [0.2, 0.25) is 5.02 Å².